The van der Waals surface area contributed by atoms with Gasteiger partial charge in [0.15, 0.2) is 4.34 Å². The number of hydrogen-bond acceptors (Lipinski definition) is 8. The lowest BCUT2D eigenvalue weighted by Gasteiger charge is -2.02. The van der Waals surface area contributed by atoms with Crippen LogP contribution in [0.5, 0.6) is 0 Å². The molecule has 6 nitrogen and oxygen atoms in total. The van der Waals surface area contributed by atoms with Crippen LogP contribution in [-0.2, 0) is 14.3 Å². The highest BCUT2D eigenvalue weighted by Crippen LogP contribution is 2.26. The first-order valence-electron chi connectivity index (χ1n) is 7.28. The van der Waals surface area contributed by atoms with Crippen LogP contribution in [0.4, 0.5) is 5.13 Å². The molecule has 0 saturated heterocycles. The number of ether oxygens (including phenoxy) is 1. The quantitative estimate of drug-likeness (QED) is 0.286. The van der Waals surface area contributed by atoms with Gasteiger partial charge in [-0.05, 0) is 36.4 Å². The summed E-state index contributed by atoms with van der Waals surface area (Å²) in [6, 6.07) is 7.62. The Balaban J connectivity index is 1.65. The maximum Gasteiger partial charge on any atom is 0.316 e. The number of methoxy groups -OCH3 is 1. The predicted molar refractivity (Wildman–Crippen MR) is 103 cm³/mol. The monoisotopic (exact) mass is 417 g/mol. The summed E-state index contributed by atoms with van der Waals surface area (Å²) in [6.07, 6.45) is 1.16. The molecule has 2 rings (SSSR count). The van der Waals surface area contributed by atoms with Gasteiger partial charge in [0.25, 0.3) is 0 Å². The second kappa shape index (κ2) is 10.6. The highest BCUT2D eigenvalue weighted by molar-refractivity contribution is 8.01. The second-order valence-electron chi connectivity index (χ2n) is 4.69. The van der Waals surface area contributed by atoms with Gasteiger partial charge in [0.2, 0.25) is 11.0 Å². The molecule has 1 N–H and O–H groups in total. The van der Waals surface area contributed by atoms with Crippen molar-refractivity contribution in [3.8, 4) is 0 Å². The number of nitrogens with one attached hydrogen (secondary N) is 1. The topological polar surface area (TPSA) is 81.2 Å². The third-order valence-electron chi connectivity index (χ3n) is 2.82. The van der Waals surface area contributed by atoms with Crippen LogP contribution >= 0.6 is 46.5 Å². The molecular weight excluding hydrogens is 402 g/mol. The summed E-state index contributed by atoms with van der Waals surface area (Å²) in [5, 5.41) is 11.7. The molecule has 0 unspecified atom stereocenters. The lowest BCUT2D eigenvalue weighted by Crippen LogP contribution is -2.11. The molecule has 0 aliphatic carbocycles. The molecule has 0 aliphatic heterocycles. The zero-order valence-corrected chi connectivity index (χ0v) is 16.6. The molecule has 10 heteroatoms. The van der Waals surface area contributed by atoms with E-state index < -0.39 is 0 Å². The van der Waals surface area contributed by atoms with E-state index >= 15 is 0 Å². The van der Waals surface area contributed by atoms with E-state index in [0.29, 0.717) is 20.9 Å². The molecule has 0 aliphatic rings. The van der Waals surface area contributed by atoms with Crippen LogP contribution in [0.15, 0.2) is 33.5 Å². The van der Waals surface area contributed by atoms with E-state index in [1.807, 2.05) is 24.3 Å². The molecule has 0 radical (unpaired) electrons. The Morgan fingerprint density at radius 3 is 2.72 bits per heavy atom. The number of hydrogen-bond donors (Lipinski definition) is 1. The Hall–Kier alpha value is -1.29. The fourth-order valence-corrected chi connectivity index (χ4v) is 4.21. The number of anilines is 1. The Labute approximate surface area is 163 Å². The molecular formula is C15H16ClN3O3S3. The van der Waals surface area contributed by atoms with Crippen molar-refractivity contribution >= 4 is 63.5 Å². The van der Waals surface area contributed by atoms with E-state index in [1.165, 1.54) is 30.2 Å². The fraction of sp³-hybridized carbons (Fsp3) is 0.333. The molecule has 1 aromatic carbocycles. The van der Waals surface area contributed by atoms with Crippen molar-refractivity contribution in [2.75, 3.05) is 23.9 Å². The largest absolute Gasteiger partial charge is 0.468 e. The van der Waals surface area contributed by atoms with E-state index in [1.54, 1.807) is 11.8 Å². The van der Waals surface area contributed by atoms with Crippen molar-refractivity contribution in [1.29, 1.82) is 0 Å². The van der Waals surface area contributed by atoms with Gasteiger partial charge in [-0.2, -0.15) is 0 Å². The molecule has 0 fully saturated rings. The van der Waals surface area contributed by atoms with Crippen molar-refractivity contribution in [1.82, 2.24) is 10.2 Å². The Morgan fingerprint density at radius 1 is 1.24 bits per heavy atom. The Bertz CT molecular complexity index is 710. The van der Waals surface area contributed by atoms with Crippen LogP contribution in [0, 0.1) is 0 Å². The number of carbonyl (C=O) groups excluding carboxylic acids is 2. The number of thioether (sulfide) groups is 2. The molecule has 25 heavy (non-hydrogen) atoms. The van der Waals surface area contributed by atoms with Gasteiger partial charge < -0.3 is 10.1 Å². The number of rotatable bonds is 9. The first-order valence-corrected chi connectivity index (χ1v) is 10.4. The zero-order valence-electron chi connectivity index (χ0n) is 13.4. The van der Waals surface area contributed by atoms with Crippen LogP contribution in [0.3, 0.4) is 0 Å². The first-order chi connectivity index (χ1) is 12.1. The van der Waals surface area contributed by atoms with Gasteiger partial charge in [0, 0.05) is 16.3 Å². The van der Waals surface area contributed by atoms with Crippen molar-refractivity contribution < 1.29 is 14.3 Å². The number of aromatic nitrogens is 2. The average Bonchev–Trinajstić information content (AvgIpc) is 3.05. The maximum absolute atomic E-state index is 11.9. The number of nitrogens with zero attached hydrogens (tertiary/aromatic N) is 2. The average molecular weight is 418 g/mol. The van der Waals surface area contributed by atoms with Crippen LogP contribution in [-0.4, -0.2) is 40.7 Å². The molecule has 1 amide bonds. The third-order valence-corrected chi connectivity index (χ3v) is 6.12. The maximum atomic E-state index is 11.9. The van der Waals surface area contributed by atoms with Crippen molar-refractivity contribution in [2.24, 2.45) is 0 Å². The van der Waals surface area contributed by atoms with Gasteiger partial charge in [-0.15, -0.1) is 22.0 Å². The summed E-state index contributed by atoms with van der Waals surface area (Å²) in [7, 11) is 1.33. The van der Waals surface area contributed by atoms with Crippen LogP contribution < -0.4 is 5.32 Å². The van der Waals surface area contributed by atoms with E-state index in [2.05, 4.69) is 20.3 Å². The summed E-state index contributed by atoms with van der Waals surface area (Å²) in [5.41, 5.74) is 0. The number of carbonyl (C=O) groups is 2. The van der Waals surface area contributed by atoms with Gasteiger partial charge in [-0.1, -0.05) is 34.7 Å². The number of esters is 1. The van der Waals surface area contributed by atoms with Gasteiger partial charge in [0.1, 0.15) is 0 Å². The minimum atomic E-state index is -0.330. The minimum Gasteiger partial charge on any atom is -0.468 e. The molecule has 0 atom stereocenters. The van der Waals surface area contributed by atoms with E-state index in [4.69, 9.17) is 11.6 Å². The summed E-state index contributed by atoms with van der Waals surface area (Å²) in [4.78, 5) is 24.1. The highest BCUT2D eigenvalue weighted by Gasteiger charge is 2.10. The number of halogens is 1. The van der Waals surface area contributed by atoms with E-state index in [9.17, 15) is 9.59 Å². The molecule has 1 aromatic heterocycles. The summed E-state index contributed by atoms with van der Waals surface area (Å²) in [6.45, 7) is 0. The van der Waals surface area contributed by atoms with Crippen molar-refractivity contribution in [2.45, 2.75) is 22.1 Å². The van der Waals surface area contributed by atoms with Gasteiger partial charge in [0.05, 0.1) is 12.9 Å². The van der Waals surface area contributed by atoms with Crippen LogP contribution in [0.1, 0.15) is 12.8 Å². The van der Waals surface area contributed by atoms with Crippen molar-refractivity contribution in [3.05, 3.63) is 29.3 Å². The summed E-state index contributed by atoms with van der Waals surface area (Å²) >= 11 is 9.98. The van der Waals surface area contributed by atoms with Crippen LogP contribution in [0.2, 0.25) is 5.02 Å². The fourth-order valence-electron chi connectivity index (χ4n) is 1.63. The Kier molecular flexibility index (Phi) is 8.53. The SMILES string of the molecule is COC(=O)CSc1nnc(NC(=O)CCCSc2ccc(Cl)cc2)s1. The lowest BCUT2D eigenvalue weighted by atomic mass is 10.3. The van der Waals surface area contributed by atoms with Crippen molar-refractivity contribution in [3.63, 3.8) is 0 Å². The lowest BCUT2D eigenvalue weighted by molar-refractivity contribution is -0.137. The zero-order chi connectivity index (χ0) is 18.1. The van der Waals surface area contributed by atoms with E-state index in [0.717, 1.165) is 17.1 Å². The number of benzene rings is 1. The standard InChI is InChI=1S/C15H16ClN3O3S3/c1-22-13(21)9-24-15-19-18-14(25-15)17-12(20)3-2-8-23-11-6-4-10(16)5-7-11/h4-7H,2-3,8-9H2,1H3,(H,17,18,20). The molecule has 134 valence electrons. The molecule has 1 heterocycles. The van der Waals surface area contributed by atoms with E-state index in [-0.39, 0.29) is 17.6 Å². The Morgan fingerprint density at radius 2 is 2.00 bits per heavy atom. The minimum absolute atomic E-state index is 0.0997. The molecule has 2 aromatic rings. The van der Waals surface area contributed by atoms with Gasteiger partial charge in [-0.25, -0.2) is 0 Å². The van der Waals surface area contributed by atoms with Crippen LogP contribution in [0.25, 0.3) is 0 Å². The van der Waals surface area contributed by atoms with Gasteiger partial charge >= 0.3 is 5.97 Å². The third kappa shape index (κ3) is 7.64. The summed E-state index contributed by atoms with van der Waals surface area (Å²) in [5.74, 6) is 0.577. The van der Waals surface area contributed by atoms with Gasteiger partial charge in [-0.3, -0.25) is 9.59 Å². The molecule has 0 saturated carbocycles. The smallest absolute Gasteiger partial charge is 0.316 e. The molecule has 0 spiro atoms. The first kappa shape index (κ1) is 20.0. The summed E-state index contributed by atoms with van der Waals surface area (Å²) < 4.78 is 5.16. The second-order valence-corrected chi connectivity index (χ2v) is 8.50. The normalized spacial score (nSPS) is 10.5. The predicted octanol–water partition coefficient (Wildman–Crippen LogP) is 3.97. The molecule has 0 bridgehead atoms. The number of amides is 1. The highest BCUT2D eigenvalue weighted by atomic mass is 35.5.